The van der Waals surface area contributed by atoms with Gasteiger partial charge in [0.1, 0.15) is 6.54 Å². The number of nitrogens with one attached hydrogen (secondary N) is 1. The van der Waals surface area contributed by atoms with Crippen molar-refractivity contribution in [1.82, 2.24) is 10.2 Å². The average molecular weight is 268 g/mol. The van der Waals surface area contributed by atoms with Crippen LogP contribution in [0.3, 0.4) is 0 Å². The summed E-state index contributed by atoms with van der Waals surface area (Å²) in [5.41, 5.74) is 0. The molecule has 2 N–H and O–H groups in total. The van der Waals surface area contributed by atoms with Crippen LogP contribution in [0.15, 0.2) is 0 Å². The van der Waals surface area contributed by atoms with Gasteiger partial charge in [0, 0.05) is 6.54 Å². The Bertz CT molecular complexity index is 284. The number of piperidine rings is 1. The topological polar surface area (TPSA) is 52.6 Å². The van der Waals surface area contributed by atoms with E-state index >= 15 is 0 Å². The number of carbonyl (C=O) groups excluding carboxylic acids is 1. The molecule has 1 rings (SSSR count). The number of urea groups is 1. The van der Waals surface area contributed by atoms with Gasteiger partial charge in [-0.15, -0.1) is 0 Å². The number of aliphatic hydroxyl groups is 1. The molecule has 0 saturated carbocycles. The number of aliphatic hydroxyl groups excluding tert-OH is 1. The summed E-state index contributed by atoms with van der Waals surface area (Å²) in [6.07, 6.45) is -2.34. The summed E-state index contributed by atoms with van der Waals surface area (Å²) >= 11 is 0. The zero-order valence-corrected chi connectivity index (χ0v) is 10.3. The molecular formula is C11H19F3N2O2. The highest BCUT2D eigenvalue weighted by Gasteiger charge is 2.33. The van der Waals surface area contributed by atoms with Crippen molar-refractivity contribution in [1.29, 1.82) is 0 Å². The molecule has 2 atom stereocenters. The van der Waals surface area contributed by atoms with Crippen molar-refractivity contribution in [2.45, 2.75) is 50.9 Å². The van der Waals surface area contributed by atoms with Crippen molar-refractivity contribution >= 4 is 6.03 Å². The van der Waals surface area contributed by atoms with Crippen LogP contribution in [0.2, 0.25) is 0 Å². The molecule has 0 spiro atoms. The second-order valence-electron chi connectivity index (χ2n) is 4.51. The third-order valence-electron chi connectivity index (χ3n) is 3.11. The van der Waals surface area contributed by atoms with Crippen LogP contribution < -0.4 is 5.32 Å². The van der Waals surface area contributed by atoms with Crippen LogP contribution in [0.5, 0.6) is 0 Å². The van der Waals surface area contributed by atoms with Gasteiger partial charge in [0.25, 0.3) is 0 Å². The largest absolute Gasteiger partial charge is 0.405 e. The summed E-state index contributed by atoms with van der Waals surface area (Å²) in [6, 6.07) is -1.12. The Labute approximate surface area is 104 Å². The first kappa shape index (κ1) is 15.1. The number of likely N-dealkylation sites (tertiary alicyclic amines) is 1. The SMILES string of the molecule is CC[C@H](O)[C@@H]1CCCCN1C(=O)NCC(F)(F)F. The minimum absolute atomic E-state index is 0.378. The van der Waals surface area contributed by atoms with E-state index in [4.69, 9.17) is 0 Å². The Morgan fingerprint density at radius 2 is 2.17 bits per heavy atom. The normalized spacial score (nSPS) is 22.7. The lowest BCUT2D eigenvalue weighted by Crippen LogP contribution is -2.54. The van der Waals surface area contributed by atoms with Gasteiger partial charge in [-0.2, -0.15) is 13.2 Å². The molecule has 0 aromatic heterocycles. The predicted molar refractivity (Wildman–Crippen MR) is 60.1 cm³/mol. The van der Waals surface area contributed by atoms with Gasteiger partial charge in [0.2, 0.25) is 0 Å². The van der Waals surface area contributed by atoms with Crippen molar-refractivity contribution in [3.8, 4) is 0 Å². The summed E-state index contributed by atoms with van der Waals surface area (Å²) < 4.78 is 36.1. The first-order valence-corrected chi connectivity index (χ1v) is 6.14. The summed E-state index contributed by atoms with van der Waals surface area (Å²) in [5.74, 6) is 0. The van der Waals surface area contributed by atoms with E-state index < -0.39 is 24.9 Å². The van der Waals surface area contributed by atoms with Crippen molar-refractivity contribution in [2.24, 2.45) is 0 Å². The molecule has 1 saturated heterocycles. The van der Waals surface area contributed by atoms with Crippen molar-refractivity contribution < 1.29 is 23.1 Å². The van der Waals surface area contributed by atoms with Gasteiger partial charge in [0.15, 0.2) is 0 Å². The Morgan fingerprint density at radius 1 is 1.50 bits per heavy atom. The van der Waals surface area contributed by atoms with E-state index in [0.29, 0.717) is 19.4 Å². The molecule has 7 heteroatoms. The molecule has 4 nitrogen and oxygen atoms in total. The summed E-state index contributed by atoms with van der Waals surface area (Å²) in [6.45, 7) is 0.841. The molecule has 0 aromatic rings. The quantitative estimate of drug-likeness (QED) is 0.821. The summed E-state index contributed by atoms with van der Waals surface area (Å²) in [5, 5.41) is 11.6. The molecule has 1 fully saturated rings. The summed E-state index contributed by atoms with van der Waals surface area (Å²) in [4.78, 5) is 13.0. The van der Waals surface area contributed by atoms with E-state index in [9.17, 15) is 23.1 Å². The number of nitrogens with zero attached hydrogens (tertiary/aromatic N) is 1. The van der Waals surface area contributed by atoms with E-state index in [1.165, 1.54) is 4.90 Å². The van der Waals surface area contributed by atoms with Crippen molar-refractivity contribution in [2.75, 3.05) is 13.1 Å². The minimum Gasteiger partial charge on any atom is -0.391 e. The molecule has 2 amide bonds. The molecule has 0 aliphatic carbocycles. The van der Waals surface area contributed by atoms with Crippen LogP contribution in [0.4, 0.5) is 18.0 Å². The maximum atomic E-state index is 12.0. The highest BCUT2D eigenvalue weighted by atomic mass is 19.4. The Kier molecular flexibility index (Phi) is 5.25. The number of carbonyl (C=O) groups is 1. The smallest absolute Gasteiger partial charge is 0.391 e. The highest BCUT2D eigenvalue weighted by Crippen LogP contribution is 2.21. The first-order chi connectivity index (χ1) is 8.35. The fourth-order valence-corrected chi connectivity index (χ4v) is 2.16. The average Bonchev–Trinajstić information content (AvgIpc) is 2.34. The zero-order valence-electron chi connectivity index (χ0n) is 10.3. The Hall–Kier alpha value is -0.980. The van der Waals surface area contributed by atoms with E-state index in [1.54, 1.807) is 6.92 Å². The van der Waals surface area contributed by atoms with Gasteiger partial charge in [-0.3, -0.25) is 0 Å². The molecule has 0 unspecified atom stereocenters. The van der Waals surface area contributed by atoms with Crippen LogP contribution in [0, 0.1) is 0 Å². The standard InChI is InChI=1S/C11H19F3N2O2/c1-2-9(17)8-5-3-4-6-16(8)10(18)15-7-11(12,13)14/h8-9,17H,2-7H2,1H3,(H,15,18)/t8-,9-/m0/s1. The molecule has 1 aliphatic heterocycles. The first-order valence-electron chi connectivity index (χ1n) is 6.14. The van der Waals surface area contributed by atoms with Gasteiger partial charge in [-0.05, 0) is 25.7 Å². The van der Waals surface area contributed by atoms with E-state index in [2.05, 4.69) is 0 Å². The van der Waals surface area contributed by atoms with Crippen molar-refractivity contribution in [3.05, 3.63) is 0 Å². The lowest BCUT2D eigenvalue weighted by molar-refractivity contribution is -0.123. The van der Waals surface area contributed by atoms with Crippen LogP contribution in [-0.2, 0) is 0 Å². The number of rotatable bonds is 3. The van der Waals surface area contributed by atoms with Gasteiger partial charge in [-0.25, -0.2) is 4.79 Å². The molecule has 0 aromatic carbocycles. The molecule has 18 heavy (non-hydrogen) atoms. The lowest BCUT2D eigenvalue weighted by Gasteiger charge is -2.38. The third-order valence-corrected chi connectivity index (χ3v) is 3.11. The van der Waals surface area contributed by atoms with Crippen LogP contribution in [0.25, 0.3) is 0 Å². The summed E-state index contributed by atoms with van der Waals surface area (Å²) in [7, 11) is 0. The Morgan fingerprint density at radius 3 is 2.72 bits per heavy atom. The highest BCUT2D eigenvalue weighted by molar-refractivity contribution is 5.74. The molecule has 0 radical (unpaired) electrons. The maximum Gasteiger partial charge on any atom is 0.405 e. The van der Waals surface area contributed by atoms with Crippen LogP contribution >= 0.6 is 0 Å². The zero-order chi connectivity index (χ0) is 13.8. The molecule has 1 heterocycles. The van der Waals surface area contributed by atoms with Gasteiger partial charge in [0.05, 0.1) is 12.1 Å². The monoisotopic (exact) mass is 268 g/mol. The molecule has 0 bridgehead atoms. The maximum absolute atomic E-state index is 12.0. The van der Waals surface area contributed by atoms with Crippen molar-refractivity contribution in [3.63, 3.8) is 0 Å². The number of hydrogen-bond acceptors (Lipinski definition) is 2. The minimum atomic E-state index is -4.41. The molecular weight excluding hydrogens is 249 g/mol. The molecule has 106 valence electrons. The number of halogens is 3. The molecule has 1 aliphatic rings. The fraction of sp³-hybridized carbons (Fsp3) is 0.909. The third kappa shape index (κ3) is 4.36. The van der Waals surface area contributed by atoms with E-state index in [0.717, 1.165) is 12.8 Å². The van der Waals surface area contributed by atoms with Crippen LogP contribution in [0.1, 0.15) is 32.6 Å². The lowest BCUT2D eigenvalue weighted by atomic mass is 9.96. The Balaban J connectivity index is 2.57. The predicted octanol–water partition coefficient (Wildman–Crippen LogP) is 1.88. The second-order valence-corrected chi connectivity index (χ2v) is 4.51. The number of amides is 2. The van der Waals surface area contributed by atoms with Crippen LogP contribution in [-0.4, -0.2) is 47.4 Å². The van der Waals surface area contributed by atoms with E-state index in [1.807, 2.05) is 5.32 Å². The van der Waals surface area contributed by atoms with Gasteiger partial charge >= 0.3 is 12.2 Å². The van der Waals surface area contributed by atoms with Gasteiger partial charge < -0.3 is 15.3 Å². The second kappa shape index (κ2) is 6.26. The van der Waals surface area contributed by atoms with Gasteiger partial charge in [-0.1, -0.05) is 6.92 Å². The number of hydrogen-bond donors (Lipinski definition) is 2. The van der Waals surface area contributed by atoms with E-state index in [-0.39, 0.29) is 6.04 Å². The fourth-order valence-electron chi connectivity index (χ4n) is 2.16. The number of alkyl halides is 3.